The fourth-order valence-corrected chi connectivity index (χ4v) is 1.92. The predicted octanol–water partition coefficient (Wildman–Crippen LogP) is 4.52. The quantitative estimate of drug-likeness (QED) is 0.587. The van der Waals surface area contributed by atoms with Crippen molar-refractivity contribution in [2.75, 3.05) is 0 Å². The normalized spacial score (nSPS) is 14.7. The van der Waals surface area contributed by atoms with Gasteiger partial charge in [-0.1, -0.05) is 26.0 Å². The first kappa shape index (κ1) is 16.7. The number of esters is 1. The van der Waals surface area contributed by atoms with Crippen molar-refractivity contribution in [3.8, 4) is 0 Å². The summed E-state index contributed by atoms with van der Waals surface area (Å²) in [6.45, 7) is 11.8. The first-order valence-corrected chi connectivity index (χ1v) is 7.21. The molecule has 3 nitrogen and oxygen atoms in total. The Morgan fingerprint density at radius 1 is 1.15 bits per heavy atom. The standard InChI is InChI=1S/C17H26O3/c1-7-12(2)14-8-10-15(11-9-14)16(18)19-13(3)20-17(4,5)6/h8-13H,7H2,1-6H3. The molecule has 0 radical (unpaired) electrons. The Hall–Kier alpha value is -1.35. The van der Waals surface area contributed by atoms with E-state index in [0.717, 1.165) is 6.42 Å². The predicted molar refractivity (Wildman–Crippen MR) is 80.9 cm³/mol. The van der Waals surface area contributed by atoms with Crippen LogP contribution in [0.5, 0.6) is 0 Å². The number of rotatable bonds is 5. The topological polar surface area (TPSA) is 35.5 Å². The van der Waals surface area contributed by atoms with Crippen molar-refractivity contribution in [2.24, 2.45) is 0 Å². The summed E-state index contributed by atoms with van der Waals surface area (Å²) in [5.41, 5.74) is 1.46. The minimum atomic E-state index is -0.559. The van der Waals surface area contributed by atoms with Gasteiger partial charge in [0, 0.05) is 0 Å². The summed E-state index contributed by atoms with van der Waals surface area (Å²) >= 11 is 0. The van der Waals surface area contributed by atoms with Crippen molar-refractivity contribution in [3.63, 3.8) is 0 Å². The van der Waals surface area contributed by atoms with Crippen LogP contribution < -0.4 is 0 Å². The largest absolute Gasteiger partial charge is 0.432 e. The molecule has 20 heavy (non-hydrogen) atoms. The smallest absolute Gasteiger partial charge is 0.340 e. The highest BCUT2D eigenvalue weighted by Gasteiger charge is 2.19. The van der Waals surface area contributed by atoms with Crippen molar-refractivity contribution in [1.29, 1.82) is 0 Å². The van der Waals surface area contributed by atoms with Gasteiger partial charge in [0.05, 0.1) is 11.2 Å². The van der Waals surface area contributed by atoms with Crippen LogP contribution in [0, 0.1) is 0 Å². The first-order chi connectivity index (χ1) is 9.23. The lowest BCUT2D eigenvalue weighted by Crippen LogP contribution is -2.29. The Morgan fingerprint density at radius 2 is 1.70 bits per heavy atom. The van der Waals surface area contributed by atoms with Gasteiger partial charge in [-0.25, -0.2) is 4.79 Å². The van der Waals surface area contributed by atoms with E-state index in [1.54, 1.807) is 6.92 Å². The fourth-order valence-electron chi connectivity index (χ4n) is 1.92. The highest BCUT2D eigenvalue weighted by atomic mass is 16.7. The molecule has 0 aromatic heterocycles. The average molecular weight is 278 g/mol. The Bertz CT molecular complexity index is 429. The van der Waals surface area contributed by atoms with Crippen LogP contribution in [0.2, 0.25) is 0 Å². The van der Waals surface area contributed by atoms with Gasteiger partial charge in [0.25, 0.3) is 0 Å². The van der Waals surface area contributed by atoms with Crippen LogP contribution >= 0.6 is 0 Å². The van der Waals surface area contributed by atoms with Crippen LogP contribution in [0.4, 0.5) is 0 Å². The van der Waals surface area contributed by atoms with Gasteiger partial charge in [-0.05, 0) is 57.7 Å². The lowest BCUT2D eigenvalue weighted by atomic mass is 9.98. The van der Waals surface area contributed by atoms with Gasteiger partial charge in [0.2, 0.25) is 6.29 Å². The third-order valence-corrected chi connectivity index (χ3v) is 3.12. The molecule has 0 aliphatic carbocycles. The number of carbonyl (C=O) groups excluding carboxylic acids is 1. The molecule has 0 aliphatic rings. The minimum Gasteiger partial charge on any atom is -0.432 e. The van der Waals surface area contributed by atoms with Gasteiger partial charge < -0.3 is 9.47 Å². The van der Waals surface area contributed by atoms with Crippen LogP contribution in [0.3, 0.4) is 0 Å². The zero-order chi connectivity index (χ0) is 15.3. The van der Waals surface area contributed by atoms with Crippen LogP contribution in [-0.4, -0.2) is 17.9 Å². The van der Waals surface area contributed by atoms with Gasteiger partial charge in [0.1, 0.15) is 0 Å². The zero-order valence-electron chi connectivity index (χ0n) is 13.4. The molecule has 0 heterocycles. The van der Waals surface area contributed by atoms with Crippen molar-refractivity contribution in [2.45, 2.75) is 65.8 Å². The maximum Gasteiger partial charge on any atom is 0.340 e. The highest BCUT2D eigenvalue weighted by Crippen LogP contribution is 2.19. The first-order valence-electron chi connectivity index (χ1n) is 7.21. The number of hydrogen-bond donors (Lipinski definition) is 0. The summed E-state index contributed by atoms with van der Waals surface area (Å²) in [7, 11) is 0. The summed E-state index contributed by atoms with van der Waals surface area (Å²) in [4.78, 5) is 12.0. The number of ether oxygens (including phenoxy) is 2. The molecule has 0 saturated carbocycles. The second-order valence-corrected chi connectivity index (χ2v) is 6.13. The van der Waals surface area contributed by atoms with Gasteiger partial charge >= 0.3 is 5.97 Å². The number of carbonyl (C=O) groups is 1. The Balaban J connectivity index is 2.64. The van der Waals surface area contributed by atoms with Gasteiger partial charge in [-0.3, -0.25) is 0 Å². The molecular weight excluding hydrogens is 252 g/mol. The summed E-state index contributed by atoms with van der Waals surface area (Å²) in [6.07, 6.45) is 0.525. The van der Waals surface area contributed by atoms with E-state index in [0.29, 0.717) is 11.5 Å². The van der Waals surface area contributed by atoms with E-state index in [1.807, 2.05) is 45.0 Å². The maximum absolute atomic E-state index is 12.0. The molecule has 3 heteroatoms. The molecule has 2 atom stereocenters. The molecular formula is C17H26O3. The second-order valence-electron chi connectivity index (χ2n) is 6.13. The third kappa shape index (κ3) is 5.33. The van der Waals surface area contributed by atoms with Gasteiger partial charge in [-0.15, -0.1) is 0 Å². The Morgan fingerprint density at radius 3 is 2.15 bits per heavy atom. The maximum atomic E-state index is 12.0. The monoisotopic (exact) mass is 278 g/mol. The van der Waals surface area contributed by atoms with Crippen molar-refractivity contribution in [1.82, 2.24) is 0 Å². The van der Waals surface area contributed by atoms with E-state index in [4.69, 9.17) is 9.47 Å². The molecule has 0 fully saturated rings. The van der Waals surface area contributed by atoms with Crippen molar-refractivity contribution in [3.05, 3.63) is 35.4 Å². The van der Waals surface area contributed by atoms with Crippen LogP contribution in [-0.2, 0) is 9.47 Å². The Labute approximate surface area is 122 Å². The van der Waals surface area contributed by atoms with Crippen LogP contribution in [0.1, 0.15) is 69.8 Å². The third-order valence-electron chi connectivity index (χ3n) is 3.12. The van der Waals surface area contributed by atoms with Gasteiger partial charge in [0.15, 0.2) is 0 Å². The zero-order valence-corrected chi connectivity index (χ0v) is 13.4. The van der Waals surface area contributed by atoms with Crippen molar-refractivity contribution >= 4 is 5.97 Å². The molecule has 0 bridgehead atoms. The van der Waals surface area contributed by atoms with Crippen LogP contribution in [0.25, 0.3) is 0 Å². The van der Waals surface area contributed by atoms with Crippen molar-refractivity contribution < 1.29 is 14.3 Å². The van der Waals surface area contributed by atoms with E-state index < -0.39 is 6.29 Å². The molecule has 1 aromatic rings. The molecule has 1 aromatic carbocycles. The van der Waals surface area contributed by atoms with E-state index in [1.165, 1.54) is 5.56 Å². The van der Waals surface area contributed by atoms with E-state index in [9.17, 15) is 4.79 Å². The lowest BCUT2D eigenvalue weighted by molar-refractivity contribution is -0.158. The fraction of sp³-hybridized carbons (Fsp3) is 0.588. The molecule has 112 valence electrons. The highest BCUT2D eigenvalue weighted by molar-refractivity contribution is 5.89. The Kier molecular flexibility index (Phi) is 5.75. The molecule has 0 saturated heterocycles. The SMILES string of the molecule is CCC(C)c1ccc(C(=O)OC(C)OC(C)(C)C)cc1. The molecule has 1 rings (SSSR count). The summed E-state index contributed by atoms with van der Waals surface area (Å²) in [5.74, 6) is 0.153. The number of hydrogen-bond acceptors (Lipinski definition) is 3. The summed E-state index contributed by atoms with van der Waals surface area (Å²) < 4.78 is 10.8. The molecule has 0 N–H and O–H groups in total. The second kappa shape index (κ2) is 6.89. The average Bonchev–Trinajstić information content (AvgIpc) is 2.35. The molecule has 0 spiro atoms. The van der Waals surface area contributed by atoms with E-state index in [-0.39, 0.29) is 11.6 Å². The number of benzene rings is 1. The molecule has 2 unspecified atom stereocenters. The van der Waals surface area contributed by atoms with E-state index >= 15 is 0 Å². The lowest BCUT2D eigenvalue weighted by Gasteiger charge is -2.24. The van der Waals surface area contributed by atoms with E-state index in [2.05, 4.69) is 13.8 Å². The molecule has 0 amide bonds. The molecule has 0 aliphatic heterocycles. The summed E-state index contributed by atoms with van der Waals surface area (Å²) in [6, 6.07) is 7.60. The van der Waals surface area contributed by atoms with Crippen LogP contribution in [0.15, 0.2) is 24.3 Å². The van der Waals surface area contributed by atoms with Gasteiger partial charge in [-0.2, -0.15) is 0 Å². The summed E-state index contributed by atoms with van der Waals surface area (Å²) in [5, 5.41) is 0. The minimum absolute atomic E-state index is 0.333.